The van der Waals surface area contributed by atoms with Crippen LogP contribution in [0.15, 0.2) is 0 Å². The Labute approximate surface area is 127 Å². The molecule has 0 bridgehead atoms. The highest BCUT2D eigenvalue weighted by molar-refractivity contribution is 7.86. The highest BCUT2D eigenvalue weighted by atomic mass is 35.5. The van der Waals surface area contributed by atoms with Crippen LogP contribution in [0.1, 0.15) is 25.7 Å². The smallest absolute Gasteiger partial charge is 0.281 e. The zero-order chi connectivity index (χ0) is 14.6. The zero-order valence-corrected chi connectivity index (χ0v) is 13.7. The van der Waals surface area contributed by atoms with Crippen LogP contribution in [0.2, 0.25) is 0 Å². The summed E-state index contributed by atoms with van der Waals surface area (Å²) in [5.41, 5.74) is 0. The summed E-state index contributed by atoms with van der Waals surface area (Å²) >= 11 is 5.85. The first kappa shape index (κ1) is 16.5. The molecule has 2 aliphatic heterocycles. The van der Waals surface area contributed by atoms with Crippen LogP contribution in [0.25, 0.3) is 0 Å². The normalized spacial score (nSPS) is 25.1. The molecule has 0 aliphatic carbocycles. The van der Waals surface area contributed by atoms with E-state index in [1.165, 1.54) is 0 Å². The van der Waals surface area contributed by atoms with E-state index >= 15 is 0 Å². The number of nitrogens with zero attached hydrogens (tertiary/aromatic N) is 2. The highest BCUT2D eigenvalue weighted by Gasteiger charge is 2.34. The van der Waals surface area contributed by atoms with Crippen LogP contribution in [-0.2, 0) is 14.9 Å². The molecule has 5 nitrogen and oxygen atoms in total. The number of hydrogen-bond acceptors (Lipinski definition) is 3. The number of alkyl halides is 1. The number of piperidine rings is 2. The van der Waals surface area contributed by atoms with E-state index in [9.17, 15) is 8.42 Å². The van der Waals surface area contributed by atoms with E-state index in [0.717, 1.165) is 32.3 Å². The van der Waals surface area contributed by atoms with Crippen molar-refractivity contribution in [1.82, 2.24) is 8.61 Å². The Bertz CT molecular complexity index is 388. The fourth-order valence-corrected chi connectivity index (χ4v) is 4.98. The second kappa shape index (κ2) is 7.40. The molecular formula is C13H25ClN2O3S. The zero-order valence-electron chi connectivity index (χ0n) is 12.1. The van der Waals surface area contributed by atoms with E-state index in [-0.39, 0.29) is 0 Å². The lowest BCUT2D eigenvalue weighted by Gasteiger charge is -2.37. The first-order valence-electron chi connectivity index (χ1n) is 7.38. The van der Waals surface area contributed by atoms with Crippen molar-refractivity contribution in [3.8, 4) is 0 Å². The Morgan fingerprint density at radius 1 is 1.00 bits per heavy atom. The van der Waals surface area contributed by atoms with Crippen LogP contribution in [0, 0.1) is 11.8 Å². The van der Waals surface area contributed by atoms with Gasteiger partial charge >= 0.3 is 0 Å². The Hall–Kier alpha value is 0.120. The molecule has 0 saturated carbocycles. The van der Waals surface area contributed by atoms with Gasteiger partial charge in [-0.25, -0.2) is 0 Å². The maximum atomic E-state index is 12.6. The minimum absolute atomic E-state index is 0.468. The van der Waals surface area contributed by atoms with Gasteiger partial charge in [-0.2, -0.15) is 17.0 Å². The van der Waals surface area contributed by atoms with Gasteiger partial charge in [0.2, 0.25) is 0 Å². The molecule has 0 aromatic heterocycles. The van der Waals surface area contributed by atoms with Crippen LogP contribution < -0.4 is 0 Å². The summed E-state index contributed by atoms with van der Waals surface area (Å²) in [6, 6.07) is 0. The predicted octanol–water partition coefficient (Wildman–Crippen LogP) is 1.54. The fraction of sp³-hybridized carbons (Fsp3) is 1.00. The minimum Gasteiger partial charge on any atom is -0.384 e. The van der Waals surface area contributed by atoms with Crippen LogP contribution >= 0.6 is 11.6 Å². The van der Waals surface area contributed by atoms with Crippen molar-refractivity contribution in [1.29, 1.82) is 0 Å². The Kier molecular flexibility index (Phi) is 6.10. The van der Waals surface area contributed by atoms with Gasteiger partial charge in [0.25, 0.3) is 10.2 Å². The number of halogens is 1. The summed E-state index contributed by atoms with van der Waals surface area (Å²) in [4.78, 5) is 0. The molecule has 7 heteroatoms. The topological polar surface area (TPSA) is 49.9 Å². The lowest BCUT2D eigenvalue weighted by molar-refractivity contribution is 0.119. The Balaban J connectivity index is 1.88. The first-order chi connectivity index (χ1) is 9.57. The lowest BCUT2D eigenvalue weighted by atomic mass is 9.99. The van der Waals surface area contributed by atoms with Crippen molar-refractivity contribution in [2.24, 2.45) is 11.8 Å². The summed E-state index contributed by atoms with van der Waals surface area (Å²) in [5, 5.41) is 0. The maximum absolute atomic E-state index is 12.6. The molecule has 0 unspecified atom stereocenters. The van der Waals surface area contributed by atoms with Gasteiger partial charge in [-0.3, -0.25) is 0 Å². The minimum atomic E-state index is -3.27. The molecule has 0 aromatic carbocycles. The molecule has 2 heterocycles. The average molecular weight is 325 g/mol. The summed E-state index contributed by atoms with van der Waals surface area (Å²) in [5.74, 6) is 1.60. The third-order valence-electron chi connectivity index (χ3n) is 4.42. The van der Waals surface area contributed by atoms with Gasteiger partial charge in [0.15, 0.2) is 0 Å². The predicted molar refractivity (Wildman–Crippen MR) is 80.1 cm³/mol. The number of hydrogen-bond donors (Lipinski definition) is 0. The fourth-order valence-electron chi connectivity index (χ4n) is 3.00. The Morgan fingerprint density at radius 3 is 1.85 bits per heavy atom. The number of methoxy groups -OCH3 is 1. The van der Waals surface area contributed by atoms with Crippen LogP contribution in [0.3, 0.4) is 0 Å². The molecule has 0 spiro atoms. The highest BCUT2D eigenvalue weighted by Crippen LogP contribution is 2.25. The van der Waals surface area contributed by atoms with Gasteiger partial charge in [0.1, 0.15) is 0 Å². The molecule has 0 radical (unpaired) electrons. The molecule has 118 valence electrons. The van der Waals surface area contributed by atoms with E-state index in [0.29, 0.717) is 43.9 Å². The van der Waals surface area contributed by atoms with E-state index in [1.54, 1.807) is 15.7 Å². The van der Waals surface area contributed by atoms with Gasteiger partial charge < -0.3 is 4.74 Å². The molecule has 20 heavy (non-hydrogen) atoms. The second-order valence-corrected chi connectivity index (χ2v) is 8.04. The summed E-state index contributed by atoms with van der Waals surface area (Å²) in [6.07, 6.45) is 3.54. The molecule has 0 atom stereocenters. The first-order valence-corrected chi connectivity index (χ1v) is 9.31. The molecule has 0 N–H and O–H groups in total. The van der Waals surface area contributed by atoms with Crippen LogP contribution in [-0.4, -0.2) is 62.8 Å². The van der Waals surface area contributed by atoms with Crippen molar-refractivity contribution >= 4 is 21.8 Å². The van der Waals surface area contributed by atoms with Crippen LogP contribution in [0.5, 0.6) is 0 Å². The molecule has 0 amide bonds. The van der Waals surface area contributed by atoms with Gasteiger partial charge in [0, 0.05) is 45.8 Å². The van der Waals surface area contributed by atoms with Gasteiger partial charge in [-0.15, -0.1) is 11.6 Å². The Morgan fingerprint density at radius 2 is 1.45 bits per heavy atom. The van der Waals surface area contributed by atoms with Gasteiger partial charge in [-0.05, 0) is 37.5 Å². The largest absolute Gasteiger partial charge is 0.384 e. The van der Waals surface area contributed by atoms with Crippen molar-refractivity contribution in [3.05, 3.63) is 0 Å². The van der Waals surface area contributed by atoms with Crippen molar-refractivity contribution < 1.29 is 13.2 Å². The standard InChI is InChI=1S/C13H25ClN2O3S/c1-19-11-13-4-8-16(9-5-13)20(17,18)15-6-2-12(10-14)3-7-15/h12-13H,2-11H2,1H3. The van der Waals surface area contributed by atoms with Gasteiger partial charge in [0.05, 0.1) is 0 Å². The monoisotopic (exact) mass is 324 g/mol. The van der Waals surface area contributed by atoms with Crippen molar-refractivity contribution in [2.75, 3.05) is 45.8 Å². The molecule has 0 aromatic rings. The average Bonchev–Trinajstić information content (AvgIpc) is 2.48. The second-order valence-electron chi connectivity index (χ2n) is 5.80. The number of ether oxygens (including phenoxy) is 1. The van der Waals surface area contributed by atoms with E-state index < -0.39 is 10.2 Å². The summed E-state index contributed by atoms with van der Waals surface area (Å²) < 4.78 is 33.6. The third-order valence-corrected chi connectivity index (χ3v) is 6.89. The molecule has 2 aliphatic rings. The summed E-state index contributed by atoms with van der Waals surface area (Å²) in [7, 11) is -1.57. The van der Waals surface area contributed by atoms with Crippen molar-refractivity contribution in [2.45, 2.75) is 25.7 Å². The van der Waals surface area contributed by atoms with E-state index in [4.69, 9.17) is 16.3 Å². The quantitative estimate of drug-likeness (QED) is 0.721. The molecule has 2 saturated heterocycles. The molecule has 2 rings (SSSR count). The molecule has 2 fully saturated rings. The lowest BCUT2D eigenvalue weighted by Crippen LogP contribution is -2.49. The maximum Gasteiger partial charge on any atom is 0.281 e. The van der Waals surface area contributed by atoms with E-state index in [1.807, 2.05) is 0 Å². The van der Waals surface area contributed by atoms with Crippen molar-refractivity contribution in [3.63, 3.8) is 0 Å². The van der Waals surface area contributed by atoms with E-state index in [2.05, 4.69) is 0 Å². The van der Waals surface area contributed by atoms with Gasteiger partial charge in [-0.1, -0.05) is 0 Å². The third kappa shape index (κ3) is 3.85. The SMILES string of the molecule is COCC1CCN(S(=O)(=O)N2CCC(CCl)CC2)CC1. The summed E-state index contributed by atoms with van der Waals surface area (Å²) in [6.45, 7) is 3.18. The number of rotatable bonds is 5. The molecular weight excluding hydrogens is 300 g/mol. The van der Waals surface area contributed by atoms with Crippen LogP contribution in [0.4, 0.5) is 0 Å².